The first kappa shape index (κ1) is 29.9. The maximum atomic E-state index is 14.3. The van der Waals surface area contributed by atoms with E-state index in [1.807, 2.05) is 60.7 Å². The summed E-state index contributed by atoms with van der Waals surface area (Å²) in [5.41, 5.74) is 11.3. The van der Waals surface area contributed by atoms with Crippen molar-refractivity contribution >= 4 is 7.82 Å². The van der Waals surface area contributed by atoms with Gasteiger partial charge in [0.2, 0.25) is 0 Å². The average molecular weight is 616 g/mol. The Morgan fingerprint density at radius 3 is 1.95 bits per heavy atom. The van der Waals surface area contributed by atoms with Gasteiger partial charge in [0.05, 0.1) is 13.2 Å². The highest BCUT2D eigenvalue weighted by Gasteiger charge is 2.53. The van der Waals surface area contributed by atoms with Gasteiger partial charge in [0.15, 0.2) is 12.6 Å². The van der Waals surface area contributed by atoms with Crippen LogP contribution in [0.2, 0.25) is 0 Å². The topological polar surface area (TPSA) is 130 Å². The predicted molar refractivity (Wildman–Crippen MR) is 159 cm³/mol. The maximum absolute atomic E-state index is 14.3. The summed E-state index contributed by atoms with van der Waals surface area (Å²) in [4.78, 5) is 3.05. The molecule has 226 valence electrons. The smallest absolute Gasteiger partial charge is 0.395 e. The standard InChI is InChI=1S/C32H30N3O8P/c33-35-34-28-30(37-21-23-13-5-1-6-14-23)29-27(22-38-31(40-29)24-15-7-2-8-16-24)39-32(28)43-44(36,41-25-17-9-3-10-18-25)42-26-19-11-4-12-20-26/h1-20,27-32H,21-22H2/t27-,28+,29-,30-,31?,32-/m1/s1. The fraction of sp³-hybridized carbons (Fsp3) is 0.250. The second-order valence-corrected chi connectivity index (χ2v) is 11.5. The van der Waals surface area contributed by atoms with E-state index in [1.54, 1.807) is 60.7 Å². The number of hydrogen-bond acceptors (Lipinski definition) is 9. The zero-order valence-electron chi connectivity index (χ0n) is 23.5. The third-order valence-corrected chi connectivity index (χ3v) is 8.34. The molecule has 4 aromatic rings. The highest BCUT2D eigenvalue weighted by atomic mass is 31.2. The maximum Gasteiger partial charge on any atom is 0.589 e. The minimum absolute atomic E-state index is 0.0989. The Labute approximate surface area is 254 Å². The van der Waals surface area contributed by atoms with Crippen molar-refractivity contribution in [2.24, 2.45) is 5.11 Å². The van der Waals surface area contributed by atoms with Gasteiger partial charge in [-0.2, -0.15) is 0 Å². The fourth-order valence-corrected chi connectivity index (χ4v) is 6.29. The van der Waals surface area contributed by atoms with Gasteiger partial charge in [-0.3, -0.25) is 0 Å². The van der Waals surface area contributed by atoms with Gasteiger partial charge in [-0.05, 0) is 35.4 Å². The minimum atomic E-state index is -4.45. The molecule has 0 aliphatic carbocycles. The Morgan fingerprint density at radius 1 is 0.795 bits per heavy atom. The molecule has 2 aliphatic heterocycles. The van der Waals surface area contributed by atoms with E-state index in [0.29, 0.717) is 0 Å². The SMILES string of the molecule is [N-]=[N+]=N[C@@H]1[C@@H](OP(=O)(Oc2ccccc2)Oc2ccccc2)O[C@@H]2COC(c3ccccc3)O[C@H]2[C@@H]1OCc1ccccc1. The monoisotopic (exact) mass is 615 g/mol. The summed E-state index contributed by atoms with van der Waals surface area (Å²) >= 11 is 0. The zero-order valence-corrected chi connectivity index (χ0v) is 24.4. The lowest BCUT2D eigenvalue weighted by Crippen LogP contribution is -2.62. The van der Waals surface area contributed by atoms with Crippen LogP contribution < -0.4 is 9.05 Å². The van der Waals surface area contributed by atoms with Crippen LogP contribution in [0.15, 0.2) is 126 Å². The molecule has 0 amide bonds. The number of hydrogen-bond donors (Lipinski definition) is 0. The molecule has 0 saturated carbocycles. The number of phosphoric ester groups is 1. The minimum Gasteiger partial charge on any atom is -0.395 e. The van der Waals surface area contributed by atoms with E-state index in [9.17, 15) is 10.1 Å². The second kappa shape index (κ2) is 14.1. The van der Waals surface area contributed by atoms with Gasteiger partial charge in [-0.15, -0.1) is 0 Å². The average Bonchev–Trinajstić information content (AvgIpc) is 3.06. The van der Waals surface area contributed by atoms with E-state index in [4.69, 9.17) is 32.5 Å². The van der Waals surface area contributed by atoms with Crippen LogP contribution in [0.5, 0.6) is 11.5 Å². The van der Waals surface area contributed by atoms with Crippen molar-refractivity contribution in [1.29, 1.82) is 0 Å². The first-order valence-corrected chi connectivity index (χ1v) is 15.5. The molecule has 0 radical (unpaired) electrons. The van der Waals surface area contributed by atoms with E-state index in [1.165, 1.54) is 0 Å². The number of fused-ring (bicyclic) bond motifs is 1. The number of para-hydroxylation sites is 2. The molecule has 1 unspecified atom stereocenters. The third-order valence-electron chi connectivity index (χ3n) is 7.00. The molecule has 2 saturated heterocycles. The van der Waals surface area contributed by atoms with Crippen LogP contribution >= 0.6 is 7.82 Å². The van der Waals surface area contributed by atoms with Crippen LogP contribution in [0.4, 0.5) is 0 Å². The molecule has 0 N–H and O–H groups in total. The summed E-state index contributed by atoms with van der Waals surface area (Å²) in [6.07, 6.45) is -4.45. The lowest BCUT2D eigenvalue weighted by atomic mass is 9.96. The molecular weight excluding hydrogens is 585 g/mol. The van der Waals surface area contributed by atoms with E-state index >= 15 is 0 Å². The van der Waals surface area contributed by atoms with E-state index in [-0.39, 0.29) is 24.7 Å². The Bertz CT molecular complexity index is 1530. The fourth-order valence-electron chi connectivity index (χ4n) is 4.98. The van der Waals surface area contributed by atoms with Crippen molar-refractivity contribution in [1.82, 2.24) is 0 Å². The summed E-state index contributed by atoms with van der Waals surface area (Å²) in [7, 11) is -4.45. The second-order valence-electron chi connectivity index (χ2n) is 10.0. The van der Waals surface area contributed by atoms with Crippen molar-refractivity contribution in [3.63, 3.8) is 0 Å². The Kier molecular flexibility index (Phi) is 9.55. The molecule has 4 aromatic carbocycles. The third kappa shape index (κ3) is 7.30. The highest BCUT2D eigenvalue weighted by molar-refractivity contribution is 7.49. The Morgan fingerprint density at radius 2 is 1.36 bits per heavy atom. The molecule has 0 bridgehead atoms. The lowest BCUT2D eigenvalue weighted by molar-refractivity contribution is -0.338. The molecule has 2 aliphatic rings. The quantitative estimate of drug-likeness (QED) is 0.0740. The van der Waals surface area contributed by atoms with Gasteiger partial charge < -0.3 is 28.0 Å². The normalized spacial score (nSPS) is 24.8. The molecule has 11 nitrogen and oxygen atoms in total. The molecule has 2 fully saturated rings. The van der Waals surface area contributed by atoms with Crippen molar-refractivity contribution in [3.8, 4) is 11.5 Å². The number of ether oxygens (including phenoxy) is 4. The number of benzene rings is 4. The zero-order chi connectivity index (χ0) is 30.2. The van der Waals surface area contributed by atoms with Crippen molar-refractivity contribution in [3.05, 3.63) is 143 Å². The van der Waals surface area contributed by atoms with Crippen LogP contribution in [0.25, 0.3) is 10.4 Å². The molecule has 6 atom stereocenters. The molecule has 6 rings (SSSR count). The van der Waals surface area contributed by atoms with Crippen LogP contribution in [-0.2, 0) is 34.6 Å². The Hall–Kier alpha value is -4.18. The predicted octanol–water partition coefficient (Wildman–Crippen LogP) is 7.37. The van der Waals surface area contributed by atoms with Crippen LogP contribution in [0.1, 0.15) is 17.4 Å². The first-order chi connectivity index (χ1) is 21.6. The molecule has 0 spiro atoms. The highest BCUT2D eigenvalue weighted by Crippen LogP contribution is 2.52. The van der Waals surface area contributed by atoms with E-state index < -0.39 is 44.8 Å². The van der Waals surface area contributed by atoms with E-state index in [2.05, 4.69) is 10.0 Å². The van der Waals surface area contributed by atoms with Gasteiger partial charge >= 0.3 is 7.82 Å². The summed E-state index contributed by atoms with van der Waals surface area (Å²) in [5.74, 6) is 0.486. The van der Waals surface area contributed by atoms with Gasteiger partial charge in [0, 0.05) is 10.5 Å². The van der Waals surface area contributed by atoms with Crippen LogP contribution in [0.3, 0.4) is 0 Å². The molecule has 12 heteroatoms. The first-order valence-electron chi connectivity index (χ1n) is 14.1. The summed E-state index contributed by atoms with van der Waals surface area (Å²) < 4.78 is 56.9. The Balaban J connectivity index is 1.31. The number of azide groups is 1. The van der Waals surface area contributed by atoms with Crippen LogP contribution in [0, 0.1) is 0 Å². The van der Waals surface area contributed by atoms with Gasteiger partial charge in [-0.1, -0.05) is 102 Å². The van der Waals surface area contributed by atoms with Crippen molar-refractivity contribution in [2.45, 2.75) is 43.5 Å². The van der Waals surface area contributed by atoms with Gasteiger partial charge in [-0.25, -0.2) is 9.09 Å². The summed E-state index contributed by atoms with van der Waals surface area (Å²) in [5, 5.41) is 4.00. The number of rotatable bonds is 11. The van der Waals surface area contributed by atoms with Gasteiger partial charge in [0.25, 0.3) is 0 Å². The van der Waals surface area contributed by atoms with Crippen molar-refractivity contribution in [2.75, 3.05) is 6.61 Å². The van der Waals surface area contributed by atoms with Gasteiger partial charge in [0.1, 0.15) is 35.9 Å². The number of nitrogens with zero attached hydrogens (tertiary/aromatic N) is 3. The van der Waals surface area contributed by atoms with Crippen molar-refractivity contribution < 1.29 is 37.1 Å². The van der Waals surface area contributed by atoms with E-state index in [0.717, 1.165) is 11.1 Å². The largest absolute Gasteiger partial charge is 0.589 e. The summed E-state index contributed by atoms with van der Waals surface area (Å²) in [6.45, 7) is 0.277. The molecule has 44 heavy (non-hydrogen) atoms. The molecular formula is C32H30N3O8P. The summed E-state index contributed by atoms with van der Waals surface area (Å²) in [6, 6.07) is 34.8. The molecule has 0 aromatic heterocycles. The lowest BCUT2D eigenvalue weighted by Gasteiger charge is -2.48. The molecule has 2 heterocycles. The van der Waals surface area contributed by atoms with Crippen LogP contribution in [-0.4, -0.2) is 37.3 Å². The number of phosphoric acid groups is 1.